The molecule has 2 aromatic heterocycles. The number of hydrogen-bond acceptors (Lipinski definition) is 6. The molecular weight excluding hydrogens is 336 g/mol. The molecule has 1 unspecified atom stereocenters. The number of aromatic nitrogens is 2. The molecule has 0 bridgehead atoms. The second-order valence-electron chi connectivity index (χ2n) is 7.38. The van der Waals surface area contributed by atoms with Crippen LogP contribution in [-0.4, -0.2) is 52.1 Å². The molecule has 7 heteroatoms. The molecule has 1 fully saturated rings. The van der Waals surface area contributed by atoms with Gasteiger partial charge in [0.2, 0.25) is 0 Å². The number of aliphatic carboxylic acids is 1. The third-order valence-corrected chi connectivity index (χ3v) is 6.85. The highest BCUT2D eigenvalue weighted by atomic mass is 32.1. The number of rotatable bonds is 4. The zero-order valence-corrected chi connectivity index (χ0v) is 15.5. The first-order valence-electron chi connectivity index (χ1n) is 8.96. The molecule has 0 aliphatic heterocycles. The van der Waals surface area contributed by atoms with Gasteiger partial charge in [-0.05, 0) is 58.2 Å². The van der Waals surface area contributed by atoms with Crippen LogP contribution in [0.5, 0.6) is 0 Å². The summed E-state index contributed by atoms with van der Waals surface area (Å²) >= 11 is 1.63. The molecule has 6 nitrogen and oxygen atoms in total. The summed E-state index contributed by atoms with van der Waals surface area (Å²) in [5.74, 6) is -0.330. The van der Waals surface area contributed by atoms with Crippen molar-refractivity contribution < 1.29 is 9.90 Å². The highest BCUT2D eigenvalue weighted by Gasteiger charge is 2.34. The minimum Gasteiger partial charge on any atom is -0.481 e. The number of fused-ring (bicyclic) bond motifs is 3. The molecule has 0 aromatic carbocycles. The fourth-order valence-electron chi connectivity index (χ4n) is 4.26. The number of thiophene rings is 1. The van der Waals surface area contributed by atoms with E-state index in [0.29, 0.717) is 18.5 Å². The Morgan fingerprint density at radius 3 is 2.68 bits per heavy atom. The molecule has 4 rings (SSSR count). The van der Waals surface area contributed by atoms with Crippen LogP contribution in [0.1, 0.15) is 48.5 Å². The smallest absolute Gasteiger partial charge is 0.311 e. The van der Waals surface area contributed by atoms with E-state index in [1.165, 1.54) is 17.7 Å². The summed E-state index contributed by atoms with van der Waals surface area (Å²) in [6.07, 6.45) is 7.70. The minimum atomic E-state index is -0.736. The van der Waals surface area contributed by atoms with Gasteiger partial charge in [0.25, 0.3) is 0 Å². The second-order valence-corrected chi connectivity index (χ2v) is 8.47. The maximum atomic E-state index is 11.6. The van der Waals surface area contributed by atoms with E-state index in [1.54, 1.807) is 17.7 Å². The van der Waals surface area contributed by atoms with Crippen molar-refractivity contribution in [1.82, 2.24) is 14.9 Å². The van der Waals surface area contributed by atoms with E-state index in [4.69, 9.17) is 0 Å². The lowest BCUT2D eigenvalue weighted by Crippen LogP contribution is -2.36. The lowest BCUT2D eigenvalue weighted by Gasteiger charge is -2.33. The van der Waals surface area contributed by atoms with E-state index >= 15 is 0 Å². The lowest BCUT2D eigenvalue weighted by molar-refractivity contribution is -0.138. The standard InChI is InChI=1S/C18H24N4O2S/c1-22(2)11-5-3-10(4-6-11)21-16-15-14-12(18(23)24)7-8-13(14)25-17(15)20-9-19-16/h9-12H,3-8H2,1-2H3,(H,23,24)(H,19,20,21)/t10-,11-,12?. The van der Waals surface area contributed by atoms with Crippen molar-refractivity contribution in [2.45, 2.75) is 56.5 Å². The summed E-state index contributed by atoms with van der Waals surface area (Å²) < 4.78 is 0. The Labute approximate surface area is 151 Å². The Kier molecular flexibility index (Phi) is 4.37. The molecule has 2 aliphatic carbocycles. The summed E-state index contributed by atoms with van der Waals surface area (Å²) in [4.78, 5) is 24.9. The quantitative estimate of drug-likeness (QED) is 0.872. The Morgan fingerprint density at radius 2 is 2.00 bits per heavy atom. The molecule has 2 N–H and O–H groups in total. The first-order chi connectivity index (χ1) is 12.0. The normalized spacial score (nSPS) is 26.1. The fraction of sp³-hybridized carbons (Fsp3) is 0.611. The number of carboxylic acid groups (broad SMARTS) is 1. The molecule has 0 amide bonds. The predicted molar refractivity (Wildman–Crippen MR) is 99.5 cm³/mol. The van der Waals surface area contributed by atoms with Gasteiger partial charge in [-0.2, -0.15) is 0 Å². The highest BCUT2D eigenvalue weighted by Crippen LogP contribution is 2.45. The van der Waals surface area contributed by atoms with Crippen molar-refractivity contribution in [3.05, 3.63) is 16.8 Å². The number of carbonyl (C=O) groups is 1. The van der Waals surface area contributed by atoms with Gasteiger partial charge in [0, 0.05) is 17.0 Å². The predicted octanol–water partition coefficient (Wildman–Crippen LogP) is 3.09. The molecule has 2 heterocycles. The largest absolute Gasteiger partial charge is 0.481 e. The van der Waals surface area contributed by atoms with Gasteiger partial charge < -0.3 is 15.3 Å². The van der Waals surface area contributed by atoms with Crippen LogP contribution in [0, 0.1) is 0 Å². The molecule has 2 aromatic rings. The SMILES string of the molecule is CN(C)[C@H]1CC[C@H](Nc2ncnc3sc4c(c23)C(C(=O)O)CC4)CC1. The first-order valence-corrected chi connectivity index (χ1v) is 9.78. The summed E-state index contributed by atoms with van der Waals surface area (Å²) in [6.45, 7) is 0. The van der Waals surface area contributed by atoms with Crippen molar-refractivity contribution in [3.63, 3.8) is 0 Å². The molecular formula is C18H24N4O2S. The molecule has 0 radical (unpaired) electrons. The van der Waals surface area contributed by atoms with Crippen LogP contribution in [0.3, 0.4) is 0 Å². The van der Waals surface area contributed by atoms with Gasteiger partial charge in [-0.3, -0.25) is 4.79 Å². The van der Waals surface area contributed by atoms with Gasteiger partial charge in [0.15, 0.2) is 0 Å². The second kappa shape index (κ2) is 6.53. The first kappa shape index (κ1) is 16.7. The molecule has 0 saturated heterocycles. The third kappa shape index (κ3) is 3.00. The maximum absolute atomic E-state index is 11.6. The molecule has 1 atom stereocenters. The van der Waals surface area contributed by atoms with Crippen molar-refractivity contribution in [1.29, 1.82) is 0 Å². The van der Waals surface area contributed by atoms with Crippen molar-refractivity contribution in [2.24, 2.45) is 0 Å². The van der Waals surface area contributed by atoms with Crippen LogP contribution >= 0.6 is 11.3 Å². The zero-order valence-electron chi connectivity index (χ0n) is 14.7. The average molecular weight is 360 g/mol. The zero-order chi connectivity index (χ0) is 17.6. The van der Waals surface area contributed by atoms with Gasteiger partial charge in [0.1, 0.15) is 17.0 Å². The number of anilines is 1. The minimum absolute atomic E-state index is 0.398. The number of nitrogens with zero attached hydrogens (tertiary/aromatic N) is 3. The monoisotopic (exact) mass is 360 g/mol. The van der Waals surface area contributed by atoms with Crippen LogP contribution in [-0.2, 0) is 11.2 Å². The molecule has 134 valence electrons. The van der Waals surface area contributed by atoms with Crippen molar-refractivity contribution in [3.8, 4) is 0 Å². The van der Waals surface area contributed by atoms with Crippen LogP contribution in [0.25, 0.3) is 10.2 Å². The Bertz CT molecular complexity index is 796. The highest BCUT2D eigenvalue weighted by molar-refractivity contribution is 7.19. The van der Waals surface area contributed by atoms with Crippen molar-refractivity contribution >= 4 is 33.3 Å². The third-order valence-electron chi connectivity index (χ3n) is 5.68. The topological polar surface area (TPSA) is 78.3 Å². The van der Waals surface area contributed by atoms with Crippen LogP contribution in [0.4, 0.5) is 5.82 Å². The summed E-state index contributed by atoms with van der Waals surface area (Å²) in [7, 11) is 4.29. The van der Waals surface area contributed by atoms with Crippen molar-refractivity contribution in [2.75, 3.05) is 19.4 Å². The average Bonchev–Trinajstić information content (AvgIpc) is 3.14. The fourth-order valence-corrected chi connectivity index (χ4v) is 5.48. The Hall–Kier alpha value is -1.73. The number of nitrogens with one attached hydrogen (secondary N) is 1. The molecule has 1 saturated carbocycles. The molecule has 25 heavy (non-hydrogen) atoms. The number of carboxylic acids is 1. The van der Waals surface area contributed by atoms with E-state index in [1.807, 2.05) is 0 Å². The van der Waals surface area contributed by atoms with Gasteiger partial charge in [-0.15, -0.1) is 11.3 Å². The lowest BCUT2D eigenvalue weighted by atomic mass is 9.90. The summed E-state index contributed by atoms with van der Waals surface area (Å²) in [6, 6.07) is 1.06. The van der Waals surface area contributed by atoms with Gasteiger partial charge in [-0.1, -0.05) is 0 Å². The van der Waals surface area contributed by atoms with Crippen LogP contribution < -0.4 is 5.32 Å². The van der Waals surface area contributed by atoms with Gasteiger partial charge in [0.05, 0.1) is 11.3 Å². The van der Waals surface area contributed by atoms with E-state index in [-0.39, 0.29) is 0 Å². The number of aryl methyl sites for hydroxylation is 1. The molecule has 0 spiro atoms. The van der Waals surface area contributed by atoms with Gasteiger partial charge in [-0.25, -0.2) is 9.97 Å². The van der Waals surface area contributed by atoms with Crippen LogP contribution in [0.2, 0.25) is 0 Å². The molecule has 2 aliphatic rings. The maximum Gasteiger partial charge on any atom is 0.311 e. The van der Waals surface area contributed by atoms with E-state index in [9.17, 15) is 9.90 Å². The van der Waals surface area contributed by atoms with E-state index in [0.717, 1.165) is 40.9 Å². The Morgan fingerprint density at radius 1 is 1.24 bits per heavy atom. The summed E-state index contributed by atoms with van der Waals surface area (Å²) in [5.41, 5.74) is 0.956. The number of hydrogen-bond donors (Lipinski definition) is 2. The van der Waals surface area contributed by atoms with E-state index < -0.39 is 11.9 Å². The summed E-state index contributed by atoms with van der Waals surface area (Å²) in [5, 5.41) is 14.1. The Balaban J connectivity index is 1.62. The van der Waals surface area contributed by atoms with Crippen LogP contribution in [0.15, 0.2) is 6.33 Å². The van der Waals surface area contributed by atoms with E-state index in [2.05, 4.69) is 34.3 Å². The van der Waals surface area contributed by atoms with Gasteiger partial charge >= 0.3 is 5.97 Å².